The Morgan fingerprint density at radius 1 is 1.56 bits per heavy atom. The number of hydrogen-bond acceptors (Lipinski definition) is 3. The first-order valence-corrected chi connectivity index (χ1v) is 6.63. The summed E-state index contributed by atoms with van der Waals surface area (Å²) in [5.41, 5.74) is 7.09. The summed E-state index contributed by atoms with van der Waals surface area (Å²) < 4.78 is 11.1. The van der Waals surface area contributed by atoms with Gasteiger partial charge in [-0.15, -0.1) is 0 Å². The molecule has 100 valence electrons. The summed E-state index contributed by atoms with van der Waals surface area (Å²) in [6.07, 6.45) is 2.00. The minimum atomic E-state index is -0.00202. The fourth-order valence-electron chi connectivity index (χ4n) is 2.66. The van der Waals surface area contributed by atoms with E-state index in [4.69, 9.17) is 26.8 Å². The van der Waals surface area contributed by atoms with Gasteiger partial charge in [0.1, 0.15) is 5.75 Å². The highest BCUT2D eigenvalue weighted by molar-refractivity contribution is 6.30. The van der Waals surface area contributed by atoms with Crippen LogP contribution in [0, 0.1) is 5.41 Å². The Morgan fingerprint density at radius 2 is 2.33 bits per heavy atom. The molecule has 0 amide bonds. The monoisotopic (exact) mass is 269 g/mol. The second-order valence-electron chi connectivity index (χ2n) is 4.96. The van der Waals surface area contributed by atoms with Gasteiger partial charge < -0.3 is 15.2 Å². The zero-order valence-electron chi connectivity index (χ0n) is 10.9. The summed E-state index contributed by atoms with van der Waals surface area (Å²) in [5.74, 6) is 0.867. The number of benzene rings is 1. The lowest BCUT2D eigenvalue weighted by Gasteiger charge is -2.31. The first-order valence-electron chi connectivity index (χ1n) is 6.25. The van der Waals surface area contributed by atoms with Gasteiger partial charge in [-0.05, 0) is 43.5 Å². The maximum atomic E-state index is 6.07. The number of methoxy groups -OCH3 is 1. The molecule has 2 rings (SSSR count). The molecule has 1 aliphatic heterocycles. The normalized spacial score (nSPS) is 27.4. The van der Waals surface area contributed by atoms with Gasteiger partial charge in [-0.3, -0.25) is 0 Å². The average Bonchev–Trinajstić information content (AvgIpc) is 2.72. The molecule has 1 aliphatic rings. The third-order valence-corrected chi connectivity index (χ3v) is 4.26. The van der Waals surface area contributed by atoms with Gasteiger partial charge in [-0.2, -0.15) is 0 Å². The van der Waals surface area contributed by atoms with E-state index in [9.17, 15) is 0 Å². The number of rotatable bonds is 4. The second-order valence-corrected chi connectivity index (χ2v) is 5.40. The van der Waals surface area contributed by atoms with Crippen LogP contribution in [0.1, 0.15) is 18.9 Å². The molecule has 0 spiro atoms. The van der Waals surface area contributed by atoms with Crippen molar-refractivity contribution >= 4 is 11.6 Å². The van der Waals surface area contributed by atoms with Crippen LogP contribution in [0.15, 0.2) is 18.2 Å². The van der Waals surface area contributed by atoms with E-state index >= 15 is 0 Å². The first kappa shape index (κ1) is 13.7. The third-order valence-electron chi connectivity index (χ3n) is 4.02. The maximum Gasteiger partial charge on any atom is 0.122 e. The van der Waals surface area contributed by atoms with Crippen molar-refractivity contribution in [3.05, 3.63) is 28.8 Å². The van der Waals surface area contributed by atoms with Crippen LogP contribution in [0.3, 0.4) is 0 Å². The minimum absolute atomic E-state index is 0.00202. The van der Waals surface area contributed by atoms with E-state index in [1.54, 1.807) is 7.11 Å². The highest BCUT2D eigenvalue weighted by atomic mass is 35.5. The third kappa shape index (κ3) is 2.48. The molecule has 0 aromatic heterocycles. The molecule has 1 saturated heterocycles. The Bertz CT molecular complexity index is 424. The molecule has 3 nitrogen and oxygen atoms in total. The summed E-state index contributed by atoms with van der Waals surface area (Å²) in [7, 11) is 1.68. The highest BCUT2D eigenvalue weighted by Gasteiger charge is 2.40. The summed E-state index contributed by atoms with van der Waals surface area (Å²) in [5, 5.41) is 0.726. The molecule has 0 bridgehead atoms. The van der Waals surface area contributed by atoms with E-state index in [-0.39, 0.29) is 11.5 Å². The molecule has 1 aromatic carbocycles. The van der Waals surface area contributed by atoms with Crippen LogP contribution in [0.5, 0.6) is 5.75 Å². The van der Waals surface area contributed by atoms with Crippen LogP contribution < -0.4 is 10.5 Å². The lowest BCUT2D eigenvalue weighted by molar-refractivity contribution is 0.0671. The van der Waals surface area contributed by atoms with E-state index in [0.717, 1.165) is 35.8 Å². The van der Waals surface area contributed by atoms with Crippen molar-refractivity contribution in [3.8, 4) is 5.75 Å². The van der Waals surface area contributed by atoms with Crippen molar-refractivity contribution in [2.24, 2.45) is 11.1 Å². The Balaban J connectivity index is 2.29. The molecule has 2 unspecified atom stereocenters. The van der Waals surface area contributed by atoms with Gasteiger partial charge in [-0.1, -0.05) is 11.6 Å². The maximum absolute atomic E-state index is 6.07. The summed E-state index contributed by atoms with van der Waals surface area (Å²) in [6, 6.07) is 5.71. The van der Waals surface area contributed by atoms with E-state index in [1.807, 2.05) is 18.2 Å². The Labute approximate surface area is 113 Å². The minimum Gasteiger partial charge on any atom is -0.496 e. The molecular formula is C14H20ClNO2. The zero-order chi connectivity index (χ0) is 13.2. The standard InChI is InChI=1S/C14H20ClNO2/c1-10-14(9-16,5-6-18-10)8-11-7-12(15)3-4-13(11)17-2/h3-4,7,10H,5-6,8-9,16H2,1-2H3. The molecule has 1 heterocycles. The lowest BCUT2D eigenvalue weighted by atomic mass is 9.76. The smallest absolute Gasteiger partial charge is 0.122 e. The van der Waals surface area contributed by atoms with Crippen molar-refractivity contribution < 1.29 is 9.47 Å². The summed E-state index contributed by atoms with van der Waals surface area (Å²) in [6.45, 7) is 3.49. The molecule has 0 saturated carbocycles. The predicted octanol–water partition coefficient (Wildman–Crippen LogP) is 2.65. The van der Waals surface area contributed by atoms with E-state index in [1.165, 1.54) is 0 Å². The predicted molar refractivity (Wildman–Crippen MR) is 73.2 cm³/mol. The molecule has 4 heteroatoms. The van der Waals surface area contributed by atoms with Crippen LogP contribution in [-0.4, -0.2) is 26.4 Å². The van der Waals surface area contributed by atoms with E-state index in [0.29, 0.717) is 6.54 Å². The molecule has 0 aliphatic carbocycles. The van der Waals surface area contributed by atoms with Gasteiger partial charge in [0.2, 0.25) is 0 Å². The largest absolute Gasteiger partial charge is 0.496 e. The van der Waals surface area contributed by atoms with Gasteiger partial charge in [-0.25, -0.2) is 0 Å². The Hall–Kier alpha value is -0.770. The van der Waals surface area contributed by atoms with E-state index in [2.05, 4.69) is 6.92 Å². The molecule has 2 N–H and O–H groups in total. The number of hydrogen-bond donors (Lipinski definition) is 1. The lowest BCUT2D eigenvalue weighted by Crippen LogP contribution is -2.38. The summed E-state index contributed by atoms with van der Waals surface area (Å²) in [4.78, 5) is 0. The Kier molecular flexibility index (Phi) is 4.15. The number of nitrogens with two attached hydrogens (primary N) is 1. The van der Waals surface area contributed by atoms with Crippen molar-refractivity contribution in [2.75, 3.05) is 20.3 Å². The average molecular weight is 270 g/mol. The molecule has 0 radical (unpaired) electrons. The molecule has 1 fully saturated rings. The van der Waals surface area contributed by atoms with Crippen molar-refractivity contribution in [2.45, 2.75) is 25.9 Å². The number of ether oxygens (including phenoxy) is 2. The van der Waals surface area contributed by atoms with Crippen molar-refractivity contribution in [3.63, 3.8) is 0 Å². The van der Waals surface area contributed by atoms with Crippen LogP contribution in [0.2, 0.25) is 5.02 Å². The van der Waals surface area contributed by atoms with Crippen LogP contribution >= 0.6 is 11.6 Å². The zero-order valence-corrected chi connectivity index (χ0v) is 11.7. The Morgan fingerprint density at radius 3 is 2.89 bits per heavy atom. The van der Waals surface area contributed by atoms with Crippen molar-refractivity contribution in [1.82, 2.24) is 0 Å². The van der Waals surface area contributed by atoms with E-state index < -0.39 is 0 Å². The SMILES string of the molecule is COc1ccc(Cl)cc1CC1(CN)CCOC1C. The topological polar surface area (TPSA) is 44.5 Å². The van der Waals surface area contributed by atoms with Gasteiger partial charge in [0.05, 0.1) is 13.2 Å². The molecular weight excluding hydrogens is 250 g/mol. The number of halogens is 1. The first-order chi connectivity index (χ1) is 8.61. The van der Waals surface area contributed by atoms with Crippen molar-refractivity contribution in [1.29, 1.82) is 0 Å². The van der Waals surface area contributed by atoms with Gasteiger partial charge in [0.15, 0.2) is 0 Å². The fraction of sp³-hybridized carbons (Fsp3) is 0.571. The van der Waals surface area contributed by atoms with Crippen LogP contribution in [0.25, 0.3) is 0 Å². The van der Waals surface area contributed by atoms with Crippen LogP contribution in [0.4, 0.5) is 0 Å². The van der Waals surface area contributed by atoms with Gasteiger partial charge in [0.25, 0.3) is 0 Å². The summed E-state index contributed by atoms with van der Waals surface area (Å²) >= 11 is 6.07. The quantitative estimate of drug-likeness (QED) is 0.914. The fourth-order valence-corrected chi connectivity index (χ4v) is 2.85. The van der Waals surface area contributed by atoms with Crippen LogP contribution in [-0.2, 0) is 11.2 Å². The highest BCUT2D eigenvalue weighted by Crippen LogP contribution is 2.39. The molecule has 2 atom stereocenters. The molecule has 18 heavy (non-hydrogen) atoms. The molecule has 1 aromatic rings. The van der Waals surface area contributed by atoms with Gasteiger partial charge >= 0.3 is 0 Å². The van der Waals surface area contributed by atoms with Gasteiger partial charge in [0, 0.05) is 23.6 Å². The second kappa shape index (κ2) is 5.47.